The van der Waals surface area contributed by atoms with E-state index >= 15 is 0 Å². The van der Waals surface area contributed by atoms with Crippen LogP contribution in [-0.2, 0) is 16.4 Å². The molecule has 5 nitrogen and oxygen atoms in total. The average Bonchev–Trinajstić information content (AvgIpc) is 2.54. The second kappa shape index (κ2) is 7.53. The van der Waals surface area contributed by atoms with Crippen molar-refractivity contribution in [2.24, 2.45) is 5.14 Å². The first-order valence-corrected chi connectivity index (χ1v) is 8.90. The summed E-state index contributed by atoms with van der Waals surface area (Å²) in [6, 6.07) is 12.4. The SMILES string of the molecule is CC(NCCc1ccc(S(N)(=O)=O)cc1)c1ccc(C#N)cc1F. The van der Waals surface area contributed by atoms with Crippen molar-refractivity contribution < 1.29 is 12.8 Å². The molecule has 1 atom stereocenters. The first kappa shape index (κ1) is 18.1. The Morgan fingerprint density at radius 3 is 2.46 bits per heavy atom. The van der Waals surface area contributed by atoms with Gasteiger partial charge in [-0.3, -0.25) is 0 Å². The zero-order valence-corrected chi connectivity index (χ0v) is 14.0. The number of primary sulfonamides is 1. The number of sulfonamides is 1. The molecule has 24 heavy (non-hydrogen) atoms. The maximum absolute atomic E-state index is 13.9. The molecule has 0 bridgehead atoms. The minimum Gasteiger partial charge on any atom is -0.310 e. The van der Waals surface area contributed by atoms with E-state index in [1.54, 1.807) is 24.3 Å². The number of rotatable bonds is 6. The monoisotopic (exact) mass is 347 g/mol. The molecule has 0 aromatic heterocycles. The van der Waals surface area contributed by atoms with E-state index in [4.69, 9.17) is 10.4 Å². The molecular formula is C17H18FN3O2S. The highest BCUT2D eigenvalue weighted by Gasteiger charge is 2.11. The third-order valence-corrected chi connectivity index (χ3v) is 4.64. The fourth-order valence-electron chi connectivity index (χ4n) is 2.34. The second-order valence-corrected chi connectivity index (χ2v) is 7.02. The summed E-state index contributed by atoms with van der Waals surface area (Å²) in [6.07, 6.45) is 0.660. The Bertz CT molecular complexity index is 858. The number of hydrogen-bond donors (Lipinski definition) is 2. The van der Waals surface area contributed by atoms with E-state index in [1.807, 2.05) is 13.0 Å². The van der Waals surface area contributed by atoms with E-state index in [1.165, 1.54) is 18.2 Å². The van der Waals surface area contributed by atoms with Gasteiger partial charge in [-0.05, 0) is 49.7 Å². The van der Waals surface area contributed by atoms with Crippen LogP contribution in [0, 0.1) is 17.1 Å². The Balaban J connectivity index is 1.93. The Labute approximate surface area is 141 Å². The number of hydrogen-bond acceptors (Lipinski definition) is 4. The van der Waals surface area contributed by atoms with E-state index in [2.05, 4.69) is 5.32 Å². The normalized spacial score (nSPS) is 12.6. The van der Waals surface area contributed by atoms with Gasteiger partial charge >= 0.3 is 0 Å². The lowest BCUT2D eigenvalue weighted by Crippen LogP contribution is -2.22. The molecule has 126 valence electrons. The molecule has 7 heteroatoms. The average molecular weight is 347 g/mol. The van der Waals surface area contributed by atoms with Gasteiger partial charge in [0.05, 0.1) is 16.5 Å². The zero-order chi connectivity index (χ0) is 17.7. The van der Waals surface area contributed by atoms with Gasteiger partial charge in [-0.25, -0.2) is 17.9 Å². The fraction of sp³-hybridized carbons (Fsp3) is 0.235. The third kappa shape index (κ3) is 4.61. The van der Waals surface area contributed by atoms with Crippen molar-refractivity contribution >= 4 is 10.0 Å². The van der Waals surface area contributed by atoms with Crippen molar-refractivity contribution in [2.75, 3.05) is 6.54 Å². The second-order valence-electron chi connectivity index (χ2n) is 5.46. The Morgan fingerprint density at radius 1 is 1.25 bits per heavy atom. The van der Waals surface area contributed by atoms with Crippen LogP contribution in [-0.4, -0.2) is 15.0 Å². The smallest absolute Gasteiger partial charge is 0.238 e. The number of benzene rings is 2. The van der Waals surface area contributed by atoms with Crippen LogP contribution < -0.4 is 10.5 Å². The summed E-state index contributed by atoms with van der Waals surface area (Å²) in [7, 11) is -3.68. The van der Waals surface area contributed by atoms with Crippen molar-refractivity contribution in [3.05, 3.63) is 65.0 Å². The minimum absolute atomic E-state index is 0.0761. The zero-order valence-electron chi connectivity index (χ0n) is 13.2. The molecule has 0 saturated heterocycles. The van der Waals surface area contributed by atoms with Crippen LogP contribution in [0.15, 0.2) is 47.4 Å². The highest BCUT2D eigenvalue weighted by atomic mass is 32.2. The van der Waals surface area contributed by atoms with Crippen LogP contribution >= 0.6 is 0 Å². The lowest BCUT2D eigenvalue weighted by molar-refractivity contribution is 0.530. The van der Waals surface area contributed by atoms with Gasteiger partial charge in [0.2, 0.25) is 10.0 Å². The molecule has 2 rings (SSSR count). The molecular weight excluding hydrogens is 329 g/mol. The first-order valence-electron chi connectivity index (χ1n) is 7.36. The van der Waals surface area contributed by atoms with Crippen LogP contribution in [0.25, 0.3) is 0 Å². The highest BCUT2D eigenvalue weighted by molar-refractivity contribution is 7.89. The van der Waals surface area contributed by atoms with E-state index in [-0.39, 0.29) is 10.9 Å². The van der Waals surface area contributed by atoms with E-state index in [0.29, 0.717) is 24.1 Å². The summed E-state index contributed by atoms with van der Waals surface area (Å²) in [6.45, 7) is 2.43. The topological polar surface area (TPSA) is 96.0 Å². The van der Waals surface area contributed by atoms with Gasteiger partial charge in [0.15, 0.2) is 0 Å². The third-order valence-electron chi connectivity index (χ3n) is 3.71. The molecule has 0 amide bonds. The molecule has 0 aliphatic carbocycles. The molecule has 0 radical (unpaired) electrons. The summed E-state index contributed by atoms with van der Waals surface area (Å²) in [4.78, 5) is 0.0761. The molecule has 0 spiro atoms. The summed E-state index contributed by atoms with van der Waals surface area (Å²) >= 11 is 0. The van der Waals surface area contributed by atoms with Gasteiger partial charge in [0.25, 0.3) is 0 Å². The van der Waals surface area contributed by atoms with Gasteiger partial charge < -0.3 is 5.32 Å². The van der Waals surface area contributed by atoms with Gasteiger partial charge in [-0.15, -0.1) is 0 Å². The predicted octanol–water partition coefficient (Wildman–Crippen LogP) is 2.24. The van der Waals surface area contributed by atoms with Crippen LogP contribution in [0.1, 0.15) is 29.7 Å². The molecule has 0 aliphatic heterocycles. The predicted molar refractivity (Wildman–Crippen MR) is 89.1 cm³/mol. The number of nitrogens with zero attached hydrogens (tertiary/aromatic N) is 1. The van der Waals surface area contributed by atoms with Crippen molar-refractivity contribution in [1.29, 1.82) is 5.26 Å². The first-order chi connectivity index (χ1) is 11.3. The Hall–Kier alpha value is -2.27. The highest BCUT2D eigenvalue weighted by Crippen LogP contribution is 2.18. The van der Waals surface area contributed by atoms with E-state index in [9.17, 15) is 12.8 Å². The number of nitrogens with one attached hydrogen (secondary N) is 1. The number of nitrogens with two attached hydrogens (primary N) is 1. The van der Waals surface area contributed by atoms with Crippen LogP contribution in [0.3, 0.4) is 0 Å². The maximum atomic E-state index is 13.9. The van der Waals surface area contributed by atoms with Gasteiger partial charge in [-0.1, -0.05) is 18.2 Å². The quantitative estimate of drug-likeness (QED) is 0.837. The minimum atomic E-state index is -3.68. The van der Waals surface area contributed by atoms with Crippen LogP contribution in [0.2, 0.25) is 0 Å². The molecule has 0 fully saturated rings. The molecule has 1 unspecified atom stereocenters. The standard InChI is InChI=1S/C17H18FN3O2S/c1-12(16-7-4-14(11-19)10-17(16)18)21-9-8-13-2-5-15(6-3-13)24(20,22)23/h2-7,10,12,21H,8-9H2,1H3,(H2,20,22,23). The van der Waals surface area contributed by atoms with Gasteiger partial charge in [-0.2, -0.15) is 5.26 Å². The van der Waals surface area contributed by atoms with E-state index in [0.717, 1.165) is 5.56 Å². The summed E-state index contributed by atoms with van der Waals surface area (Å²) in [5.41, 5.74) is 1.74. The van der Waals surface area contributed by atoms with Crippen LogP contribution in [0.5, 0.6) is 0 Å². The van der Waals surface area contributed by atoms with Crippen molar-refractivity contribution in [3.8, 4) is 6.07 Å². The molecule has 2 aromatic carbocycles. The summed E-state index contributed by atoms with van der Waals surface area (Å²) < 4.78 is 36.3. The number of nitriles is 1. The van der Waals surface area contributed by atoms with Gasteiger partial charge in [0, 0.05) is 11.6 Å². The van der Waals surface area contributed by atoms with Crippen molar-refractivity contribution in [2.45, 2.75) is 24.3 Å². The molecule has 0 heterocycles. The Kier molecular flexibility index (Phi) is 5.67. The van der Waals surface area contributed by atoms with Crippen molar-refractivity contribution in [3.63, 3.8) is 0 Å². The largest absolute Gasteiger partial charge is 0.310 e. The Morgan fingerprint density at radius 2 is 1.92 bits per heavy atom. The lowest BCUT2D eigenvalue weighted by Gasteiger charge is -2.15. The van der Waals surface area contributed by atoms with Crippen molar-refractivity contribution in [1.82, 2.24) is 5.32 Å². The molecule has 0 saturated carbocycles. The maximum Gasteiger partial charge on any atom is 0.238 e. The van der Waals surface area contributed by atoms with E-state index < -0.39 is 15.8 Å². The number of halogens is 1. The molecule has 2 aromatic rings. The van der Waals surface area contributed by atoms with Crippen LogP contribution in [0.4, 0.5) is 4.39 Å². The summed E-state index contributed by atoms with van der Waals surface area (Å²) in [5.74, 6) is -0.411. The van der Waals surface area contributed by atoms with Gasteiger partial charge in [0.1, 0.15) is 5.82 Å². The molecule has 3 N–H and O–H groups in total. The molecule has 0 aliphatic rings. The lowest BCUT2D eigenvalue weighted by atomic mass is 10.1. The summed E-state index contributed by atoms with van der Waals surface area (Å²) in [5, 5.41) is 17.0. The fourth-order valence-corrected chi connectivity index (χ4v) is 2.85.